The monoisotopic (exact) mass is 435 g/mol. The van der Waals surface area contributed by atoms with E-state index in [1.165, 1.54) is 11.3 Å². The number of rotatable bonds is 5. The van der Waals surface area contributed by atoms with Crippen LogP contribution >= 0.6 is 12.4 Å². The predicted octanol–water partition coefficient (Wildman–Crippen LogP) is 1.78. The molecule has 0 amide bonds. The minimum atomic E-state index is 0. The lowest BCUT2D eigenvalue weighted by atomic mass is 9.98. The Morgan fingerprint density at radius 3 is 2.00 bits per heavy atom. The molecule has 2 fully saturated rings. The van der Waals surface area contributed by atoms with Crippen molar-refractivity contribution >= 4 is 24.0 Å². The molecule has 2 aromatic rings. The van der Waals surface area contributed by atoms with Crippen molar-refractivity contribution in [1.29, 1.82) is 0 Å². The summed E-state index contributed by atoms with van der Waals surface area (Å²) in [4.78, 5) is 16.6. The molecule has 0 aliphatic carbocycles. The third-order valence-corrected chi connectivity index (χ3v) is 6.54. The van der Waals surface area contributed by atoms with E-state index in [0.29, 0.717) is 12.5 Å². The van der Waals surface area contributed by atoms with Gasteiger partial charge in [-0.25, -0.2) is 9.97 Å². The fourth-order valence-electron chi connectivity index (χ4n) is 4.48. The highest BCUT2D eigenvalue weighted by Gasteiger charge is 2.26. The van der Waals surface area contributed by atoms with Crippen LogP contribution in [0.1, 0.15) is 29.8 Å². The zero-order valence-electron chi connectivity index (χ0n) is 18.3. The first kappa shape index (κ1) is 22.8. The van der Waals surface area contributed by atoms with Crippen LogP contribution in [0.2, 0.25) is 0 Å². The van der Waals surface area contributed by atoms with Crippen molar-refractivity contribution < 1.29 is 5.11 Å². The zero-order chi connectivity index (χ0) is 20.4. The Bertz CT molecular complexity index is 827. The number of nitrogens with zero attached hydrogens (tertiary/aromatic N) is 7. The van der Waals surface area contributed by atoms with E-state index < -0.39 is 0 Å². The Kier molecular flexibility index (Phi) is 7.55. The van der Waals surface area contributed by atoms with Crippen molar-refractivity contribution in [3.8, 4) is 0 Å². The van der Waals surface area contributed by atoms with Gasteiger partial charge in [0.25, 0.3) is 0 Å². The van der Waals surface area contributed by atoms with Crippen LogP contribution in [0.25, 0.3) is 0 Å². The molecule has 4 heterocycles. The summed E-state index contributed by atoms with van der Waals surface area (Å²) in [5.41, 5.74) is 3.75. The molecule has 2 saturated heterocycles. The minimum absolute atomic E-state index is 0. The van der Waals surface area contributed by atoms with Crippen LogP contribution in [0.15, 0.2) is 12.4 Å². The fraction of sp³-hybridized carbons (Fsp3) is 0.667. The predicted molar refractivity (Wildman–Crippen MR) is 121 cm³/mol. The van der Waals surface area contributed by atoms with E-state index in [0.717, 1.165) is 76.0 Å². The highest BCUT2D eigenvalue weighted by atomic mass is 35.5. The van der Waals surface area contributed by atoms with Crippen molar-refractivity contribution in [2.75, 3.05) is 55.7 Å². The maximum absolute atomic E-state index is 9.41. The first-order valence-corrected chi connectivity index (χ1v) is 10.7. The highest BCUT2D eigenvalue weighted by molar-refractivity contribution is 5.85. The smallest absolute Gasteiger partial charge is 0.172 e. The summed E-state index contributed by atoms with van der Waals surface area (Å²) in [6, 6.07) is 0. The molecular formula is C21H34ClN7O. The standard InChI is InChI=1S/C21H33N7O.ClH/c1-16-19(17(2)25(3)24-16)14-26-10-12-28(13-11-26)21-20(22-6-7-23-21)27-8-4-18(15-29)5-9-27;/h6-7,18,29H,4-5,8-15H2,1-3H3;1H. The number of aliphatic hydroxyl groups is 1. The van der Waals surface area contributed by atoms with Crippen LogP contribution in [-0.2, 0) is 13.6 Å². The maximum atomic E-state index is 9.41. The van der Waals surface area contributed by atoms with Crippen molar-refractivity contribution in [3.05, 3.63) is 29.3 Å². The first-order valence-electron chi connectivity index (χ1n) is 10.7. The molecular weight excluding hydrogens is 402 g/mol. The van der Waals surface area contributed by atoms with E-state index in [1.807, 2.05) is 11.7 Å². The molecule has 4 rings (SSSR count). The minimum Gasteiger partial charge on any atom is -0.396 e. The summed E-state index contributed by atoms with van der Waals surface area (Å²) in [7, 11) is 2.02. The second-order valence-electron chi connectivity index (χ2n) is 8.35. The van der Waals surface area contributed by atoms with Crippen LogP contribution < -0.4 is 9.80 Å². The quantitative estimate of drug-likeness (QED) is 0.767. The van der Waals surface area contributed by atoms with Gasteiger partial charge in [-0.1, -0.05) is 0 Å². The molecule has 1 N–H and O–H groups in total. The Morgan fingerprint density at radius 2 is 1.50 bits per heavy atom. The maximum Gasteiger partial charge on any atom is 0.172 e. The Balaban J connectivity index is 0.00000256. The van der Waals surface area contributed by atoms with E-state index in [9.17, 15) is 5.11 Å². The number of aryl methyl sites for hydroxylation is 2. The molecule has 0 spiro atoms. The summed E-state index contributed by atoms with van der Waals surface area (Å²) < 4.78 is 1.98. The fourth-order valence-corrected chi connectivity index (χ4v) is 4.48. The third-order valence-electron chi connectivity index (χ3n) is 6.54. The second-order valence-corrected chi connectivity index (χ2v) is 8.35. The van der Waals surface area contributed by atoms with E-state index >= 15 is 0 Å². The van der Waals surface area contributed by atoms with Crippen molar-refractivity contribution in [2.24, 2.45) is 13.0 Å². The van der Waals surface area contributed by atoms with Gasteiger partial charge in [-0.2, -0.15) is 5.10 Å². The SMILES string of the molecule is Cc1nn(C)c(C)c1CN1CCN(c2nccnc2N2CCC(CO)CC2)CC1.Cl. The second kappa shape index (κ2) is 9.94. The van der Waals surface area contributed by atoms with Gasteiger partial charge < -0.3 is 14.9 Å². The number of anilines is 2. The van der Waals surface area contributed by atoms with Crippen molar-refractivity contribution in [2.45, 2.75) is 33.2 Å². The van der Waals surface area contributed by atoms with Gasteiger partial charge in [-0.15, -0.1) is 12.4 Å². The summed E-state index contributed by atoms with van der Waals surface area (Å²) in [6.07, 6.45) is 5.63. The van der Waals surface area contributed by atoms with Gasteiger partial charge >= 0.3 is 0 Å². The van der Waals surface area contributed by atoms with E-state index in [4.69, 9.17) is 4.98 Å². The van der Waals surface area contributed by atoms with Crippen LogP contribution in [0.3, 0.4) is 0 Å². The van der Waals surface area contributed by atoms with Gasteiger partial charge in [0.1, 0.15) is 0 Å². The Hall–Kier alpha value is -1.90. The molecule has 0 radical (unpaired) electrons. The highest BCUT2D eigenvalue weighted by Crippen LogP contribution is 2.29. The third kappa shape index (κ3) is 4.71. The van der Waals surface area contributed by atoms with Crippen LogP contribution in [0.4, 0.5) is 11.6 Å². The number of piperazine rings is 1. The summed E-state index contributed by atoms with van der Waals surface area (Å²) in [6.45, 7) is 11.3. The van der Waals surface area contributed by atoms with Gasteiger partial charge in [0, 0.05) is 83.1 Å². The molecule has 2 aromatic heterocycles. The summed E-state index contributed by atoms with van der Waals surface area (Å²) in [5.74, 6) is 2.42. The molecule has 166 valence electrons. The lowest BCUT2D eigenvalue weighted by molar-refractivity contribution is 0.202. The molecule has 30 heavy (non-hydrogen) atoms. The van der Waals surface area contributed by atoms with Crippen LogP contribution in [-0.4, -0.2) is 75.6 Å². The Labute approximate surface area is 185 Å². The molecule has 0 saturated carbocycles. The largest absolute Gasteiger partial charge is 0.396 e. The number of aromatic nitrogens is 4. The van der Waals surface area contributed by atoms with Crippen molar-refractivity contribution in [1.82, 2.24) is 24.6 Å². The van der Waals surface area contributed by atoms with Crippen LogP contribution in [0, 0.1) is 19.8 Å². The van der Waals surface area contributed by atoms with E-state index in [2.05, 4.69) is 38.6 Å². The topological polar surface area (TPSA) is 73.6 Å². The average molecular weight is 436 g/mol. The average Bonchev–Trinajstić information content (AvgIpc) is 3.00. The van der Waals surface area contributed by atoms with Gasteiger partial charge in [-0.3, -0.25) is 9.58 Å². The number of hydrogen-bond acceptors (Lipinski definition) is 7. The van der Waals surface area contributed by atoms with Gasteiger partial charge in [0.2, 0.25) is 0 Å². The molecule has 2 aliphatic heterocycles. The molecule has 0 aromatic carbocycles. The lowest BCUT2D eigenvalue weighted by Crippen LogP contribution is -2.47. The number of piperidine rings is 1. The first-order chi connectivity index (χ1) is 14.1. The van der Waals surface area contributed by atoms with Crippen LogP contribution in [0.5, 0.6) is 0 Å². The molecule has 8 nitrogen and oxygen atoms in total. The zero-order valence-corrected chi connectivity index (χ0v) is 19.1. The summed E-state index contributed by atoms with van der Waals surface area (Å²) >= 11 is 0. The lowest BCUT2D eigenvalue weighted by Gasteiger charge is -2.38. The van der Waals surface area contributed by atoms with E-state index in [-0.39, 0.29) is 12.4 Å². The van der Waals surface area contributed by atoms with Gasteiger partial charge in [-0.05, 0) is 32.6 Å². The molecule has 9 heteroatoms. The van der Waals surface area contributed by atoms with Gasteiger partial charge in [0.05, 0.1) is 5.69 Å². The Morgan fingerprint density at radius 1 is 0.933 bits per heavy atom. The number of aliphatic hydroxyl groups excluding tert-OH is 1. The molecule has 0 bridgehead atoms. The number of halogens is 1. The summed E-state index contributed by atoms with van der Waals surface area (Å²) in [5, 5.41) is 14.0. The normalized spacial score (nSPS) is 18.5. The molecule has 0 unspecified atom stereocenters. The van der Waals surface area contributed by atoms with Gasteiger partial charge in [0.15, 0.2) is 11.6 Å². The molecule has 0 atom stereocenters. The number of hydrogen-bond donors (Lipinski definition) is 1. The van der Waals surface area contributed by atoms with Crippen molar-refractivity contribution in [3.63, 3.8) is 0 Å². The van der Waals surface area contributed by atoms with E-state index in [1.54, 1.807) is 12.4 Å². The molecule has 2 aliphatic rings.